The average molecular weight is 358 g/mol. The molecule has 25 heavy (non-hydrogen) atoms. The van der Waals surface area contributed by atoms with Gasteiger partial charge in [-0.15, -0.1) is 0 Å². The number of carbonyl (C=O) groups excluding carboxylic acids is 2. The second kappa shape index (κ2) is 7.70. The molecule has 0 aromatic heterocycles. The van der Waals surface area contributed by atoms with Crippen molar-refractivity contribution in [2.24, 2.45) is 0 Å². The van der Waals surface area contributed by atoms with Gasteiger partial charge in [-0.25, -0.2) is 4.39 Å². The lowest BCUT2D eigenvalue weighted by molar-refractivity contribution is 0.0772. The number of benzene rings is 2. The molecule has 2 amide bonds. The molecule has 1 heterocycles. The molecule has 1 aliphatic heterocycles. The number of halogens is 1. The molecule has 130 valence electrons. The fourth-order valence-corrected chi connectivity index (χ4v) is 3.62. The van der Waals surface area contributed by atoms with Gasteiger partial charge in [0, 0.05) is 35.8 Å². The fourth-order valence-electron chi connectivity index (χ4n) is 2.72. The van der Waals surface area contributed by atoms with E-state index in [4.69, 9.17) is 0 Å². The zero-order valence-corrected chi connectivity index (χ0v) is 14.7. The average Bonchev–Trinajstić information content (AvgIpc) is 2.63. The highest BCUT2D eigenvalue weighted by atomic mass is 32.2. The number of hydrogen-bond acceptors (Lipinski definition) is 3. The largest absolute Gasteiger partial charge is 0.337 e. The summed E-state index contributed by atoms with van der Waals surface area (Å²) in [4.78, 5) is 26.6. The van der Waals surface area contributed by atoms with Crippen molar-refractivity contribution in [1.29, 1.82) is 0 Å². The predicted octanol–water partition coefficient (Wildman–Crippen LogP) is 3.58. The van der Waals surface area contributed by atoms with E-state index in [-0.39, 0.29) is 11.5 Å². The van der Waals surface area contributed by atoms with Crippen LogP contribution in [0.15, 0.2) is 42.5 Å². The van der Waals surface area contributed by atoms with Gasteiger partial charge in [0.1, 0.15) is 5.82 Å². The Morgan fingerprint density at radius 2 is 1.84 bits per heavy atom. The van der Waals surface area contributed by atoms with Crippen LogP contribution in [0.25, 0.3) is 0 Å². The second-order valence-corrected chi connectivity index (χ2v) is 7.09. The van der Waals surface area contributed by atoms with Crippen molar-refractivity contribution in [3.8, 4) is 0 Å². The number of thioether (sulfide) groups is 1. The van der Waals surface area contributed by atoms with E-state index >= 15 is 0 Å². The van der Waals surface area contributed by atoms with E-state index in [1.165, 1.54) is 18.2 Å². The number of nitrogens with one attached hydrogen (secondary N) is 1. The third kappa shape index (κ3) is 4.02. The van der Waals surface area contributed by atoms with Gasteiger partial charge in [-0.3, -0.25) is 9.59 Å². The number of hydrogen-bond donors (Lipinski definition) is 1. The molecule has 2 aromatic rings. The lowest BCUT2D eigenvalue weighted by atomic mass is 10.1. The van der Waals surface area contributed by atoms with Gasteiger partial charge in [-0.2, -0.15) is 11.8 Å². The van der Waals surface area contributed by atoms with Gasteiger partial charge in [0.25, 0.3) is 11.8 Å². The quantitative estimate of drug-likeness (QED) is 0.912. The highest BCUT2D eigenvalue weighted by Crippen LogP contribution is 2.20. The van der Waals surface area contributed by atoms with Crippen LogP contribution in [-0.4, -0.2) is 41.3 Å². The Balaban J connectivity index is 1.75. The summed E-state index contributed by atoms with van der Waals surface area (Å²) in [6.45, 7) is 3.34. The van der Waals surface area contributed by atoms with E-state index < -0.39 is 11.7 Å². The summed E-state index contributed by atoms with van der Waals surface area (Å²) < 4.78 is 13.7. The molecule has 1 N–H and O–H groups in total. The van der Waals surface area contributed by atoms with Crippen LogP contribution in [0.4, 0.5) is 10.1 Å². The Kier molecular flexibility index (Phi) is 5.38. The minimum Gasteiger partial charge on any atom is -0.337 e. The summed E-state index contributed by atoms with van der Waals surface area (Å²) in [5.74, 6) is 0.861. The summed E-state index contributed by atoms with van der Waals surface area (Å²) >= 11 is 1.85. The molecule has 3 rings (SSSR count). The van der Waals surface area contributed by atoms with E-state index in [2.05, 4.69) is 5.32 Å². The molecule has 1 fully saturated rings. The molecule has 1 saturated heterocycles. The third-order valence-electron chi connectivity index (χ3n) is 4.14. The summed E-state index contributed by atoms with van der Waals surface area (Å²) in [6.07, 6.45) is 0. The van der Waals surface area contributed by atoms with Crippen molar-refractivity contribution >= 4 is 29.3 Å². The van der Waals surface area contributed by atoms with Gasteiger partial charge in [-0.1, -0.05) is 12.1 Å². The van der Waals surface area contributed by atoms with Crippen molar-refractivity contribution < 1.29 is 14.0 Å². The topological polar surface area (TPSA) is 49.4 Å². The van der Waals surface area contributed by atoms with Crippen molar-refractivity contribution in [2.45, 2.75) is 6.92 Å². The first-order valence-electron chi connectivity index (χ1n) is 8.10. The van der Waals surface area contributed by atoms with Crippen molar-refractivity contribution in [3.05, 3.63) is 65.0 Å². The molecule has 1 aliphatic rings. The highest BCUT2D eigenvalue weighted by Gasteiger charge is 2.19. The van der Waals surface area contributed by atoms with Gasteiger partial charge < -0.3 is 10.2 Å². The zero-order valence-electron chi connectivity index (χ0n) is 13.9. The van der Waals surface area contributed by atoms with Crippen LogP contribution in [0.5, 0.6) is 0 Å². The van der Waals surface area contributed by atoms with Crippen LogP contribution in [0.1, 0.15) is 26.3 Å². The van der Waals surface area contributed by atoms with E-state index in [1.54, 1.807) is 24.3 Å². The van der Waals surface area contributed by atoms with Gasteiger partial charge in [0.2, 0.25) is 0 Å². The van der Waals surface area contributed by atoms with Gasteiger partial charge in [0.05, 0.1) is 5.56 Å². The molecular weight excluding hydrogens is 339 g/mol. The number of aryl methyl sites for hydroxylation is 1. The van der Waals surface area contributed by atoms with Crippen molar-refractivity contribution in [2.75, 3.05) is 29.9 Å². The van der Waals surface area contributed by atoms with Crippen LogP contribution < -0.4 is 5.32 Å². The molecule has 6 heteroatoms. The SMILES string of the molecule is Cc1cc(C(=O)N2CCSCC2)ccc1NC(=O)c1ccccc1F. The Morgan fingerprint density at radius 1 is 1.12 bits per heavy atom. The van der Waals surface area contributed by atoms with Crippen LogP contribution in [0.3, 0.4) is 0 Å². The fraction of sp³-hybridized carbons (Fsp3) is 0.263. The van der Waals surface area contributed by atoms with Gasteiger partial charge in [-0.05, 0) is 42.8 Å². The number of amides is 2. The molecule has 0 aliphatic carbocycles. The summed E-state index contributed by atoms with van der Waals surface area (Å²) in [7, 11) is 0. The Bertz CT molecular complexity index is 804. The number of carbonyl (C=O) groups is 2. The van der Waals surface area contributed by atoms with Crippen LogP contribution >= 0.6 is 11.8 Å². The normalized spacial score (nSPS) is 14.2. The molecule has 2 aromatic carbocycles. The van der Waals surface area contributed by atoms with E-state index in [1.807, 2.05) is 23.6 Å². The first-order chi connectivity index (χ1) is 12.1. The molecule has 0 atom stereocenters. The Labute approximate surface area is 150 Å². The molecule has 0 radical (unpaired) electrons. The maximum absolute atomic E-state index is 13.7. The maximum Gasteiger partial charge on any atom is 0.258 e. The first kappa shape index (κ1) is 17.5. The first-order valence-corrected chi connectivity index (χ1v) is 9.25. The molecule has 0 bridgehead atoms. The van der Waals surface area contributed by atoms with Crippen LogP contribution in [0.2, 0.25) is 0 Å². The van der Waals surface area contributed by atoms with Crippen LogP contribution in [-0.2, 0) is 0 Å². The predicted molar refractivity (Wildman–Crippen MR) is 98.8 cm³/mol. The van der Waals surface area contributed by atoms with Crippen molar-refractivity contribution in [1.82, 2.24) is 4.90 Å². The maximum atomic E-state index is 13.7. The van der Waals surface area contributed by atoms with E-state index in [0.717, 1.165) is 30.2 Å². The minimum atomic E-state index is -0.563. The number of nitrogens with zero attached hydrogens (tertiary/aromatic N) is 1. The van der Waals surface area contributed by atoms with Gasteiger partial charge in [0.15, 0.2) is 0 Å². The van der Waals surface area contributed by atoms with Crippen LogP contribution in [0, 0.1) is 12.7 Å². The van der Waals surface area contributed by atoms with Gasteiger partial charge >= 0.3 is 0 Å². The Hall–Kier alpha value is -2.34. The monoisotopic (exact) mass is 358 g/mol. The number of anilines is 1. The summed E-state index contributed by atoms with van der Waals surface area (Å²) in [6, 6.07) is 11.0. The minimum absolute atomic E-state index is 0.00660. The standard InChI is InChI=1S/C19H19FN2O2S/c1-13-12-14(19(24)22-8-10-25-11-9-22)6-7-17(13)21-18(23)15-4-2-3-5-16(15)20/h2-7,12H,8-11H2,1H3,(H,21,23). The molecule has 4 nitrogen and oxygen atoms in total. The summed E-state index contributed by atoms with van der Waals surface area (Å²) in [5, 5.41) is 2.71. The highest BCUT2D eigenvalue weighted by molar-refractivity contribution is 7.99. The van der Waals surface area contributed by atoms with E-state index in [9.17, 15) is 14.0 Å². The lowest BCUT2D eigenvalue weighted by Gasteiger charge is -2.26. The lowest BCUT2D eigenvalue weighted by Crippen LogP contribution is -2.37. The Morgan fingerprint density at radius 3 is 2.52 bits per heavy atom. The van der Waals surface area contributed by atoms with Crippen molar-refractivity contribution in [3.63, 3.8) is 0 Å². The smallest absolute Gasteiger partial charge is 0.258 e. The summed E-state index contributed by atoms with van der Waals surface area (Å²) in [5.41, 5.74) is 1.93. The molecule has 0 unspecified atom stereocenters. The second-order valence-electron chi connectivity index (χ2n) is 5.87. The molecular formula is C19H19FN2O2S. The third-order valence-corrected chi connectivity index (χ3v) is 5.08. The molecule has 0 spiro atoms. The van der Waals surface area contributed by atoms with E-state index in [0.29, 0.717) is 11.3 Å². The molecule has 0 saturated carbocycles. The number of rotatable bonds is 3. The zero-order chi connectivity index (χ0) is 17.8.